The van der Waals surface area contributed by atoms with Crippen LogP contribution in [-0.4, -0.2) is 30.4 Å². The van der Waals surface area contributed by atoms with E-state index in [-0.39, 0.29) is 23.7 Å². The van der Waals surface area contributed by atoms with Crippen molar-refractivity contribution in [2.45, 2.75) is 6.92 Å². The van der Waals surface area contributed by atoms with Gasteiger partial charge in [0.05, 0.1) is 12.7 Å². The lowest BCUT2D eigenvalue weighted by atomic mass is 10.0. The van der Waals surface area contributed by atoms with E-state index >= 15 is 0 Å². The van der Waals surface area contributed by atoms with Gasteiger partial charge in [-0.15, -0.1) is 0 Å². The standard InChI is InChI=1S/C19H17FN2O3/c1-3-22-18(23)16(12-7-9-15(25-2)10-8-12)17(19(22)24)21-14-6-4-5-13(20)11-14/h4-11,21H,3H2,1-2H3. The van der Waals surface area contributed by atoms with Crippen molar-refractivity contribution in [3.63, 3.8) is 0 Å². The third kappa shape index (κ3) is 3.10. The van der Waals surface area contributed by atoms with Gasteiger partial charge in [0.25, 0.3) is 11.8 Å². The van der Waals surface area contributed by atoms with Crippen LogP contribution in [-0.2, 0) is 9.59 Å². The van der Waals surface area contributed by atoms with Crippen molar-refractivity contribution in [2.75, 3.05) is 19.0 Å². The van der Waals surface area contributed by atoms with Crippen molar-refractivity contribution in [2.24, 2.45) is 0 Å². The van der Waals surface area contributed by atoms with Crippen LogP contribution in [0.15, 0.2) is 54.2 Å². The first kappa shape index (κ1) is 16.7. The second-order valence-corrected chi connectivity index (χ2v) is 5.47. The molecule has 5 nitrogen and oxygen atoms in total. The predicted octanol–water partition coefficient (Wildman–Crippen LogP) is 3.05. The first-order valence-corrected chi connectivity index (χ1v) is 7.82. The molecule has 6 heteroatoms. The van der Waals surface area contributed by atoms with E-state index in [0.717, 1.165) is 4.90 Å². The van der Waals surface area contributed by atoms with Crippen molar-refractivity contribution in [1.29, 1.82) is 0 Å². The molecule has 0 saturated heterocycles. The quantitative estimate of drug-likeness (QED) is 0.850. The molecule has 128 valence electrons. The van der Waals surface area contributed by atoms with Crippen LogP contribution >= 0.6 is 0 Å². The third-order valence-electron chi connectivity index (χ3n) is 3.96. The molecule has 0 radical (unpaired) electrons. The highest BCUT2D eigenvalue weighted by molar-refractivity contribution is 6.36. The number of rotatable bonds is 5. The van der Waals surface area contributed by atoms with Gasteiger partial charge in [-0.1, -0.05) is 18.2 Å². The lowest BCUT2D eigenvalue weighted by Crippen LogP contribution is -2.32. The number of carbonyl (C=O) groups excluding carboxylic acids is 2. The fourth-order valence-corrected chi connectivity index (χ4v) is 2.72. The van der Waals surface area contributed by atoms with Gasteiger partial charge >= 0.3 is 0 Å². The lowest BCUT2D eigenvalue weighted by Gasteiger charge is -2.12. The summed E-state index contributed by atoms with van der Waals surface area (Å²) in [6, 6.07) is 12.6. The lowest BCUT2D eigenvalue weighted by molar-refractivity contribution is -0.136. The average molecular weight is 340 g/mol. The highest BCUT2D eigenvalue weighted by atomic mass is 19.1. The van der Waals surface area contributed by atoms with Gasteiger partial charge in [-0.05, 0) is 42.8 Å². The Morgan fingerprint density at radius 2 is 1.80 bits per heavy atom. The van der Waals surface area contributed by atoms with E-state index in [1.807, 2.05) is 0 Å². The van der Waals surface area contributed by atoms with Crippen LogP contribution in [0.2, 0.25) is 0 Å². The second kappa shape index (κ2) is 6.76. The number of imide groups is 1. The Labute approximate surface area is 144 Å². The zero-order chi connectivity index (χ0) is 18.0. The minimum absolute atomic E-state index is 0.141. The Morgan fingerprint density at radius 1 is 1.08 bits per heavy atom. The number of methoxy groups -OCH3 is 1. The summed E-state index contributed by atoms with van der Waals surface area (Å²) in [7, 11) is 1.55. The Kier molecular flexibility index (Phi) is 4.52. The summed E-state index contributed by atoms with van der Waals surface area (Å²) in [5.74, 6) is -0.590. The number of nitrogens with zero attached hydrogens (tertiary/aromatic N) is 1. The van der Waals surface area contributed by atoms with Gasteiger partial charge < -0.3 is 10.1 Å². The van der Waals surface area contributed by atoms with Gasteiger partial charge in [-0.25, -0.2) is 4.39 Å². The monoisotopic (exact) mass is 340 g/mol. The number of carbonyl (C=O) groups is 2. The minimum Gasteiger partial charge on any atom is -0.497 e. The maximum atomic E-state index is 13.4. The Bertz CT molecular complexity index is 859. The summed E-state index contributed by atoms with van der Waals surface area (Å²) in [5.41, 5.74) is 1.40. The summed E-state index contributed by atoms with van der Waals surface area (Å²) in [6.45, 7) is 1.98. The van der Waals surface area contributed by atoms with E-state index in [0.29, 0.717) is 17.0 Å². The fourth-order valence-electron chi connectivity index (χ4n) is 2.72. The maximum Gasteiger partial charge on any atom is 0.278 e. The number of nitrogens with one attached hydrogen (secondary N) is 1. The van der Waals surface area contributed by atoms with Gasteiger partial charge in [0.1, 0.15) is 17.3 Å². The number of hydrogen-bond donors (Lipinski definition) is 1. The van der Waals surface area contributed by atoms with Crippen LogP contribution in [0.4, 0.5) is 10.1 Å². The van der Waals surface area contributed by atoms with Crippen molar-refractivity contribution in [3.8, 4) is 5.75 Å². The Balaban J connectivity index is 2.07. The molecule has 0 atom stereocenters. The highest BCUT2D eigenvalue weighted by Crippen LogP contribution is 2.31. The van der Waals surface area contributed by atoms with Crippen LogP contribution in [0, 0.1) is 5.82 Å². The summed E-state index contributed by atoms with van der Waals surface area (Å²) >= 11 is 0. The number of halogens is 1. The Morgan fingerprint density at radius 3 is 2.40 bits per heavy atom. The Hall–Kier alpha value is -3.15. The molecule has 0 aromatic heterocycles. The summed E-state index contributed by atoms with van der Waals surface area (Å²) in [4.78, 5) is 26.4. The van der Waals surface area contributed by atoms with Gasteiger partial charge in [0.2, 0.25) is 0 Å². The highest BCUT2D eigenvalue weighted by Gasteiger charge is 2.38. The normalized spacial score (nSPS) is 14.3. The zero-order valence-electron chi connectivity index (χ0n) is 13.9. The van der Waals surface area contributed by atoms with Gasteiger partial charge in [0, 0.05) is 12.2 Å². The first-order chi connectivity index (χ1) is 12.0. The van der Waals surface area contributed by atoms with E-state index < -0.39 is 11.7 Å². The van der Waals surface area contributed by atoms with Crippen LogP contribution in [0.5, 0.6) is 5.75 Å². The molecule has 0 aliphatic carbocycles. The van der Waals surface area contributed by atoms with Crippen molar-refractivity contribution in [1.82, 2.24) is 4.90 Å². The van der Waals surface area contributed by atoms with Crippen LogP contribution < -0.4 is 10.1 Å². The van der Waals surface area contributed by atoms with Gasteiger partial charge in [-0.2, -0.15) is 0 Å². The number of benzene rings is 2. The largest absolute Gasteiger partial charge is 0.497 e. The van der Waals surface area contributed by atoms with Gasteiger partial charge in [-0.3, -0.25) is 14.5 Å². The summed E-state index contributed by atoms with van der Waals surface area (Å²) in [5, 5.41) is 2.90. The van der Waals surface area contributed by atoms with E-state index in [1.165, 1.54) is 18.2 Å². The minimum atomic E-state index is -0.430. The van der Waals surface area contributed by atoms with E-state index in [2.05, 4.69) is 5.32 Å². The molecule has 0 bridgehead atoms. The topological polar surface area (TPSA) is 58.6 Å². The fraction of sp³-hybridized carbons (Fsp3) is 0.158. The molecule has 2 amide bonds. The number of hydrogen-bond acceptors (Lipinski definition) is 4. The predicted molar refractivity (Wildman–Crippen MR) is 92.3 cm³/mol. The van der Waals surface area contributed by atoms with Crippen LogP contribution in [0.3, 0.4) is 0 Å². The molecular formula is C19H17FN2O3. The van der Waals surface area contributed by atoms with Crippen LogP contribution in [0.1, 0.15) is 12.5 Å². The number of ether oxygens (including phenoxy) is 1. The molecule has 25 heavy (non-hydrogen) atoms. The molecule has 0 spiro atoms. The molecule has 1 heterocycles. The van der Waals surface area contributed by atoms with Crippen molar-refractivity contribution < 1.29 is 18.7 Å². The van der Waals surface area contributed by atoms with Crippen molar-refractivity contribution >= 4 is 23.1 Å². The summed E-state index contributed by atoms with van der Waals surface area (Å²) in [6.07, 6.45) is 0. The molecular weight excluding hydrogens is 323 g/mol. The molecule has 0 fully saturated rings. The molecule has 2 aromatic carbocycles. The zero-order valence-corrected chi connectivity index (χ0v) is 13.9. The van der Waals surface area contributed by atoms with E-state index in [4.69, 9.17) is 4.74 Å². The van der Waals surface area contributed by atoms with E-state index in [1.54, 1.807) is 44.4 Å². The van der Waals surface area contributed by atoms with E-state index in [9.17, 15) is 14.0 Å². The molecule has 1 aliphatic heterocycles. The number of amides is 2. The molecule has 3 rings (SSSR count). The maximum absolute atomic E-state index is 13.4. The molecule has 2 aromatic rings. The first-order valence-electron chi connectivity index (χ1n) is 7.82. The molecule has 0 unspecified atom stereocenters. The third-order valence-corrected chi connectivity index (χ3v) is 3.96. The SMILES string of the molecule is CCN1C(=O)C(Nc2cccc(F)c2)=C(c2ccc(OC)cc2)C1=O. The number of anilines is 1. The van der Waals surface area contributed by atoms with Crippen LogP contribution in [0.25, 0.3) is 5.57 Å². The average Bonchev–Trinajstić information content (AvgIpc) is 2.85. The molecule has 1 N–H and O–H groups in total. The van der Waals surface area contributed by atoms with Crippen molar-refractivity contribution in [3.05, 3.63) is 65.6 Å². The van der Waals surface area contributed by atoms with Gasteiger partial charge in [0.15, 0.2) is 0 Å². The smallest absolute Gasteiger partial charge is 0.278 e. The molecule has 0 saturated carbocycles. The molecule has 1 aliphatic rings. The number of likely N-dealkylation sites (N-methyl/N-ethyl adjacent to an activating group) is 1. The summed E-state index contributed by atoms with van der Waals surface area (Å²) < 4.78 is 18.6. The second-order valence-electron chi connectivity index (χ2n) is 5.47.